The summed E-state index contributed by atoms with van der Waals surface area (Å²) in [6, 6.07) is 85.1. The summed E-state index contributed by atoms with van der Waals surface area (Å²) in [5.41, 5.74) is 19.6. The number of nitrogens with zero attached hydrogens (tertiary/aromatic N) is 1. The normalized spacial score (nSPS) is 17.0. The molecular weight excluding hydrogens is 847 g/mol. The van der Waals surface area contributed by atoms with E-state index >= 15 is 0 Å². The lowest BCUT2D eigenvalue weighted by Gasteiger charge is -2.37. The van der Waals surface area contributed by atoms with E-state index in [1.807, 2.05) is 0 Å². The molecule has 0 bridgehead atoms. The van der Waals surface area contributed by atoms with Gasteiger partial charge >= 0.3 is 0 Å². The Morgan fingerprint density at radius 2 is 1.07 bits per heavy atom. The molecule has 0 radical (unpaired) electrons. The highest BCUT2D eigenvalue weighted by Gasteiger charge is 2.48. The largest absolute Gasteiger partial charge is 0.455 e. The van der Waals surface area contributed by atoms with Crippen LogP contribution in [0.4, 0.5) is 11.4 Å². The van der Waals surface area contributed by atoms with E-state index in [-0.39, 0.29) is 17.3 Å². The highest BCUT2D eigenvalue weighted by molar-refractivity contribution is 6.23. The van der Waals surface area contributed by atoms with E-state index in [0.717, 1.165) is 55.5 Å². The van der Waals surface area contributed by atoms with Crippen molar-refractivity contribution >= 4 is 44.1 Å². The first kappa shape index (κ1) is 40.6. The van der Waals surface area contributed by atoms with Crippen LogP contribution in [0.25, 0.3) is 66.1 Å². The summed E-state index contributed by atoms with van der Waals surface area (Å²) in [6.07, 6.45) is 7.46. The molecule has 332 valence electrons. The summed E-state index contributed by atoms with van der Waals surface area (Å²) >= 11 is 0. The standard InChI is InChI=1S/C68H49NO/c1-67(2)58-33-19-17-30-51(58)53-37-35-48(41-60(53)67)69(49-36-38-54-52-31-18-20-34-59(52)68(61(54)42-49,46-25-11-5-12-26-46)47-27-13-6-14-28-47)62-39-40-63-65(64(62)45-23-9-4-10-24-45)57-43-56(44-21-7-3-8-22-44)50-29-15-16-32-55(50)66(57)70-63/h3-43,53,60H,1-2H3. The third kappa shape index (κ3) is 5.80. The average Bonchev–Trinajstić information content (AvgIpc) is 4.03. The molecule has 0 fully saturated rings. The molecule has 2 heteroatoms. The van der Waals surface area contributed by atoms with Gasteiger partial charge in [-0.05, 0) is 114 Å². The monoisotopic (exact) mass is 895 g/mol. The molecule has 0 spiro atoms. The Hall–Kier alpha value is -8.46. The molecule has 0 aliphatic heterocycles. The molecule has 3 aliphatic rings. The zero-order valence-corrected chi connectivity index (χ0v) is 39.2. The third-order valence-electron chi connectivity index (χ3n) is 16.0. The summed E-state index contributed by atoms with van der Waals surface area (Å²) in [7, 11) is 0. The van der Waals surface area contributed by atoms with Crippen molar-refractivity contribution in [3.63, 3.8) is 0 Å². The van der Waals surface area contributed by atoms with Crippen molar-refractivity contribution in [1.82, 2.24) is 0 Å². The number of rotatable bonds is 7. The molecule has 1 aromatic heterocycles. The molecule has 2 nitrogen and oxygen atoms in total. The Kier molecular flexibility index (Phi) is 9.01. The molecule has 2 atom stereocenters. The van der Waals surface area contributed by atoms with Crippen LogP contribution in [-0.4, -0.2) is 0 Å². The van der Waals surface area contributed by atoms with Crippen LogP contribution < -0.4 is 4.90 Å². The summed E-state index contributed by atoms with van der Waals surface area (Å²) < 4.78 is 7.10. The van der Waals surface area contributed by atoms with Gasteiger partial charge in [-0.1, -0.05) is 226 Å². The van der Waals surface area contributed by atoms with Gasteiger partial charge in [0.05, 0.1) is 11.1 Å². The zero-order valence-electron chi connectivity index (χ0n) is 39.2. The first-order valence-electron chi connectivity index (χ1n) is 24.7. The van der Waals surface area contributed by atoms with Crippen LogP contribution in [0.2, 0.25) is 0 Å². The van der Waals surface area contributed by atoms with Crippen molar-refractivity contribution in [2.75, 3.05) is 4.90 Å². The van der Waals surface area contributed by atoms with Crippen LogP contribution in [-0.2, 0) is 10.8 Å². The van der Waals surface area contributed by atoms with Gasteiger partial charge in [0.25, 0.3) is 0 Å². The first-order valence-corrected chi connectivity index (χ1v) is 24.7. The number of allylic oxidation sites excluding steroid dienone is 3. The lowest BCUT2D eigenvalue weighted by molar-refractivity contribution is 0.392. The van der Waals surface area contributed by atoms with Crippen molar-refractivity contribution in [3.8, 4) is 33.4 Å². The van der Waals surface area contributed by atoms with Gasteiger partial charge in [-0.15, -0.1) is 0 Å². The summed E-state index contributed by atoms with van der Waals surface area (Å²) in [4.78, 5) is 2.57. The number of fused-ring (bicyclic) bond motifs is 11. The fourth-order valence-electron chi connectivity index (χ4n) is 12.9. The van der Waals surface area contributed by atoms with E-state index < -0.39 is 5.41 Å². The molecule has 3 aliphatic carbocycles. The van der Waals surface area contributed by atoms with Gasteiger partial charge in [-0.2, -0.15) is 0 Å². The zero-order chi connectivity index (χ0) is 46.6. The molecular formula is C68H49NO. The van der Waals surface area contributed by atoms with Crippen LogP contribution in [0.1, 0.15) is 53.1 Å². The van der Waals surface area contributed by atoms with Crippen molar-refractivity contribution in [2.24, 2.45) is 5.92 Å². The number of hydrogen-bond acceptors (Lipinski definition) is 2. The lowest BCUT2D eigenvalue weighted by Crippen LogP contribution is -2.29. The molecule has 11 aromatic rings. The fourth-order valence-corrected chi connectivity index (χ4v) is 12.9. The predicted octanol–water partition coefficient (Wildman–Crippen LogP) is 17.7. The second-order valence-corrected chi connectivity index (χ2v) is 19.9. The van der Waals surface area contributed by atoms with Gasteiger partial charge in [0.1, 0.15) is 11.2 Å². The van der Waals surface area contributed by atoms with Crippen molar-refractivity contribution in [3.05, 3.63) is 288 Å². The Labute approximate surface area is 409 Å². The maximum Gasteiger partial charge on any atom is 0.143 e. The highest BCUT2D eigenvalue weighted by Crippen LogP contribution is 2.59. The van der Waals surface area contributed by atoms with E-state index in [0.29, 0.717) is 0 Å². The molecule has 2 unspecified atom stereocenters. The van der Waals surface area contributed by atoms with Crippen LogP contribution in [0, 0.1) is 5.92 Å². The molecule has 0 N–H and O–H groups in total. The van der Waals surface area contributed by atoms with Crippen molar-refractivity contribution in [1.29, 1.82) is 0 Å². The number of furan rings is 1. The minimum absolute atomic E-state index is 0.0832. The van der Waals surface area contributed by atoms with Gasteiger partial charge in [-0.25, -0.2) is 0 Å². The quantitative estimate of drug-likeness (QED) is 0.158. The van der Waals surface area contributed by atoms with E-state index in [2.05, 4.69) is 267 Å². The second-order valence-electron chi connectivity index (χ2n) is 19.9. The Bertz CT molecular complexity index is 3880. The maximum absolute atomic E-state index is 7.10. The minimum atomic E-state index is -0.561. The average molecular weight is 896 g/mol. The lowest BCUT2D eigenvalue weighted by atomic mass is 9.67. The number of benzene rings is 10. The number of anilines is 2. The first-order chi connectivity index (χ1) is 34.5. The summed E-state index contributed by atoms with van der Waals surface area (Å²) in [6.45, 7) is 4.87. The summed E-state index contributed by atoms with van der Waals surface area (Å²) in [5.74, 6) is 0.533. The van der Waals surface area contributed by atoms with Gasteiger partial charge < -0.3 is 9.32 Å². The van der Waals surface area contributed by atoms with Gasteiger partial charge in [0.15, 0.2) is 0 Å². The smallest absolute Gasteiger partial charge is 0.143 e. The molecule has 70 heavy (non-hydrogen) atoms. The van der Waals surface area contributed by atoms with E-state index in [9.17, 15) is 0 Å². The van der Waals surface area contributed by atoms with E-state index in [4.69, 9.17) is 4.42 Å². The third-order valence-corrected chi connectivity index (χ3v) is 16.0. The molecule has 0 amide bonds. The van der Waals surface area contributed by atoms with Crippen LogP contribution in [0.15, 0.2) is 259 Å². The highest BCUT2D eigenvalue weighted by atomic mass is 16.3. The SMILES string of the molecule is CC1(C)c2ccccc2C2C=CC(N(c3ccc4c(c3)C(c3ccccc3)(c3ccccc3)c3ccccc3-4)c3ccc4oc5c6ccccc6c(-c6ccccc6)cc5c4c3-c3ccccc3)=CC21. The van der Waals surface area contributed by atoms with Crippen molar-refractivity contribution < 1.29 is 4.42 Å². The molecule has 1 heterocycles. The van der Waals surface area contributed by atoms with E-state index in [1.165, 1.54) is 61.0 Å². The predicted molar refractivity (Wildman–Crippen MR) is 291 cm³/mol. The Morgan fingerprint density at radius 1 is 0.471 bits per heavy atom. The van der Waals surface area contributed by atoms with E-state index in [1.54, 1.807) is 0 Å². The molecule has 0 saturated carbocycles. The Morgan fingerprint density at radius 3 is 1.80 bits per heavy atom. The van der Waals surface area contributed by atoms with Crippen LogP contribution >= 0.6 is 0 Å². The topological polar surface area (TPSA) is 16.4 Å². The molecule has 0 saturated heterocycles. The van der Waals surface area contributed by atoms with Crippen LogP contribution in [0.3, 0.4) is 0 Å². The molecule has 14 rings (SSSR count). The van der Waals surface area contributed by atoms with Gasteiger partial charge in [-0.3, -0.25) is 0 Å². The second kappa shape index (κ2) is 15.5. The van der Waals surface area contributed by atoms with Crippen molar-refractivity contribution in [2.45, 2.75) is 30.6 Å². The summed E-state index contributed by atoms with van der Waals surface area (Å²) in [5, 5.41) is 4.49. The fraction of sp³-hybridized carbons (Fsp3) is 0.0882. The number of hydrogen-bond donors (Lipinski definition) is 0. The van der Waals surface area contributed by atoms with Gasteiger partial charge in [0, 0.05) is 39.0 Å². The Balaban J connectivity index is 1.09. The van der Waals surface area contributed by atoms with Gasteiger partial charge in [0.2, 0.25) is 0 Å². The maximum atomic E-state index is 7.10. The minimum Gasteiger partial charge on any atom is -0.455 e. The van der Waals surface area contributed by atoms with Crippen LogP contribution in [0.5, 0.6) is 0 Å². The molecule has 10 aromatic carbocycles.